The van der Waals surface area contributed by atoms with E-state index in [2.05, 4.69) is 0 Å². The first-order valence-corrected chi connectivity index (χ1v) is 9.31. The Labute approximate surface area is 159 Å². The van der Waals surface area contributed by atoms with Gasteiger partial charge >= 0.3 is 0 Å². The molecule has 1 aliphatic heterocycles. The predicted molar refractivity (Wildman–Crippen MR) is 103 cm³/mol. The van der Waals surface area contributed by atoms with Crippen LogP contribution >= 0.6 is 11.6 Å². The fraction of sp³-hybridized carbons (Fsp3) is 0.381. The monoisotopic (exact) mass is 373 g/mol. The molecule has 2 aromatic carbocycles. The van der Waals surface area contributed by atoms with E-state index in [1.807, 2.05) is 42.3 Å². The van der Waals surface area contributed by atoms with Crippen LogP contribution in [0.1, 0.15) is 36.3 Å². The van der Waals surface area contributed by atoms with Crippen molar-refractivity contribution in [1.82, 2.24) is 4.90 Å². The third-order valence-corrected chi connectivity index (χ3v) is 5.41. The number of phenols is 1. The van der Waals surface area contributed by atoms with Crippen molar-refractivity contribution in [3.8, 4) is 5.75 Å². The molecule has 1 atom stereocenters. The van der Waals surface area contributed by atoms with Crippen LogP contribution in [0.4, 0.5) is 0 Å². The Bertz CT molecular complexity index is 758. The second-order valence-electron chi connectivity index (χ2n) is 6.72. The average Bonchev–Trinajstić information content (AvgIpc) is 2.66. The quantitative estimate of drug-likeness (QED) is 0.854. The molecule has 1 amide bonds. The Hall–Kier alpha value is -2.04. The standard InChI is InChI=1S/C21H24ClNO3/c1-23(16-9-11-26-12-10-16)21(25)14-19(15-5-4-6-17(24)13-15)18-7-2-3-8-20(18)22/h2-8,13,16,19,24H,9-12,14H2,1H3/t19-/m0/s1. The van der Waals surface area contributed by atoms with Crippen LogP contribution in [0.3, 0.4) is 0 Å². The van der Waals surface area contributed by atoms with E-state index in [9.17, 15) is 9.90 Å². The highest BCUT2D eigenvalue weighted by atomic mass is 35.5. The van der Waals surface area contributed by atoms with Crippen molar-refractivity contribution in [2.75, 3.05) is 20.3 Å². The molecule has 0 radical (unpaired) electrons. The number of halogens is 1. The molecule has 0 bridgehead atoms. The molecule has 0 aliphatic carbocycles. The molecule has 1 saturated heterocycles. The van der Waals surface area contributed by atoms with Gasteiger partial charge < -0.3 is 14.7 Å². The minimum atomic E-state index is -0.203. The Kier molecular flexibility index (Phi) is 6.17. The molecule has 0 unspecified atom stereocenters. The lowest BCUT2D eigenvalue weighted by molar-refractivity contribution is -0.133. The Morgan fingerprint density at radius 2 is 1.96 bits per heavy atom. The molecule has 0 saturated carbocycles. The molecule has 1 heterocycles. The number of benzene rings is 2. The lowest BCUT2D eigenvalue weighted by atomic mass is 9.87. The Balaban J connectivity index is 1.86. The number of hydrogen-bond donors (Lipinski definition) is 1. The minimum Gasteiger partial charge on any atom is -0.508 e. The van der Waals surface area contributed by atoms with Crippen molar-refractivity contribution in [1.29, 1.82) is 0 Å². The van der Waals surface area contributed by atoms with Gasteiger partial charge in [-0.3, -0.25) is 4.79 Å². The van der Waals surface area contributed by atoms with Crippen molar-refractivity contribution in [3.05, 3.63) is 64.7 Å². The van der Waals surface area contributed by atoms with Crippen molar-refractivity contribution in [2.24, 2.45) is 0 Å². The zero-order valence-electron chi connectivity index (χ0n) is 14.9. The molecule has 0 aromatic heterocycles. The molecule has 2 aromatic rings. The summed E-state index contributed by atoms with van der Waals surface area (Å²) in [6.45, 7) is 1.39. The van der Waals surface area contributed by atoms with Gasteiger partial charge in [-0.1, -0.05) is 41.9 Å². The fourth-order valence-corrected chi connectivity index (χ4v) is 3.77. The third kappa shape index (κ3) is 4.37. The first kappa shape index (κ1) is 18.7. The molecule has 26 heavy (non-hydrogen) atoms. The topological polar surface area (TPSA) is 49.8 Å². The molecule has 1 aliphatic rings. The van der Waals surface area contributed by atoms with Gasteiger partial charge in [-0.15, -0.1) is 0 Å². The van der Waals surface area contributed by atoms with Gasteiger partial charge in [0.25, 0.3) is 0 Å². The van der Waals surface area contributed by atoms with Crippen molar-refractivity contribution >= 4 is 17.5 Å². The van der Waals surface area contributed by atoms with E-state index in [0.717, 1.165) is 24.0 Å². The van der Waals surface area contributed by atoms with Gasteiger partial charge in [-0.25, -0.2) is 0 Å². The number of phenolic OH excluding ortho intramolecular Hbond substituents is 1. The summed E-state index contributed by atoms with van der Waals surface area (Å²) in [5.74, 6) is 0.0561. The smallest absolute Gasteiger partial charge is 0.223 e. The summed E-state index contributed by atoms with van der Waals surface area (Å²) in [5.41, 5.74) is 1.78. The van der Waals surface area contributed by atoms with E-state index in [4.69, 9.17) is 16.3 Å². The van der Waals surface area contributed by atoms with Gasteiger partial charge in [0, 0.05) is 43.7 Å². The molecule has 1 fully saturated rings. The van der Waals surface area contributed by atoms with Crippen LogP contribution in [-0.2, 0) is 9.53 Å². The number of rotatable bonds is 5. The summed E-state index contributed by atoms with van der Waals surface area (Å²) in [6, 6.07) is 14.8. The van der Waals surface area contributed by atoms with E-state index in [1.165, 1.54) is 0 Å². The number of ether oxygens (including phenoxy) is 1. The molecule has 0 spiro atoms. The highest BCUT2D eigenvalue weighted by Crippen LogP contribution is 2.35. The van der Waals surface area contributed by atoms with E-state index in [1.54, 1.807) is 18.2 Å². The number of nitrogens with zero attached hydrogens (tertiary/aromatic N) is 1. The summed E-state index contributed by atoms with van der Waals surface area (Å²) in [7, 11) is 1.87. The van der Waals surface area contributed by atoms with Crippen LogP contribution in [0.25, 0.3) is 0 Å². The third-order valence-electron chi connectivity index (χ3n) is 5.06. The summed E-state index contributed by atoms with van der Waals surface area (Å²) >= 11 is 6.42. The molecule has 5 heteroatoms. The molecular formula is C21H24ClNO3. The summed E-state index contributed by atoms with van der Waals surface area (Å²) in [4.78, 5) is 14.8. The van der Waals surface area contributed by atoms with Gasteiger partial charge in [0.1, 0.15) is 5.75 Å². The minimum absolute atomic E-state index is 0.0742. The van der Waals surface area contributed by atoms with Crippen molar-refractivity contribution in [3.63, 3.8) is 0 Å². The van der Waals surface area contributed by atoms with Crippen LogP contribution in [-0.4, -0.2) is 42.2 Å². The Morgan fingerprint density at radius 1 is 1.23 bits per heavy atom. The summed E-state index contributed by atoms with van der Waals surface area (Å²) in [5, 5.41) is 10.5. The van der Waals surface area contributed by atoms with E-state index < -0.39 is 0 Å². The second-order valence-corrected chi connectivity index (χ2v) is 7.13. The molecule has 1 N–H and O–H groups in total. The van der Waals surface area contributed by atoms with Crippen LogP contribution in [0.2, 0.25) is 5.02 Å². The number of aromatic hydroxyl groups is 1. The lowest BCUT2D eigenvalue weighted by Gasteiger charge is -2.32. The summed E-state index contributed by atoms with van der Waals surface area (Å²) < 4.78 is 5.40. The normalized spacial score (nSPS) is 16.2. The van der Waals surface area contributed by atoms with Crippen LogP contribution in [0.15, 0.2) is 48.5 Å². The second kappa shape index (κ2) is 8.56. The Morgan fingerprint density at radius 3 is 2.65 bits per heavy atom. The van der Waals surface area contributed by atoms with E-state index in [-0.39, 0.29) is 23.6 Å². The van der Waals surface area contributed by atoms with Gasteiger partial charge in [0.05, 0.1) is 0 Å². The van der Waals surface area contributed by atoms with Gasteiger partial charge in [-0.05, 0) is 42.2 Å². The van der Waals surface area contributed by atoms with Crippen LogP contribution in [0.5, 0.6) is 5.75 Å². The van der Waals surface area contributed by atoms with Crippen LogP contribution in [0, 0.1) is 0 Å². The molecule has 4 nitrogen and oxygen atoms in total. The number of amides is 1. The maximum Gasteiger partial charge on any atom is 0.223 e. The molecular weight excluding hydrogens is 350 g/mol. The van der Waals surface area contributed by atoms with Gasteiger partial charge in [0.15, 0.2) is 0 Å². The molecule has 3 rings (SSSR count). The van der Waals surface area contributed by atoms with Gasteiger partial charge in [-0.2, -0.15) is 0 Å². The number of carbonyl (C=O) groups excluding carboxylic acids is 1. The predicted octanol–water partition coefficient (Wildman–Crippen LogP) is 4.21. The van der Waals surface area contributed by atoms with E-state index in [0.29, 0.717) is 24.7 Å². The number of carbonyl (C=O) groups is 1. The maximum atomic E-state index is 13.0. The first-order valence-electron chi connectivity index (χ1n) is 8.93. The number of hydrogen-bond acceptors (Lipinski definition) is 3. The maximum absolute atomic E-state index is 13.0. The summed E-state index contributed by atoms with van der Waals surface area (Å²) in [6.07, 6.45) is 2.04. The van der Waals surface area contributed by atoms with Crippen molar-refractivity contribution in [2.45, 2.75) is 31.2 Å². The zero-order chi connectivity index (χ0) is 18.5. The largest absolute Gasteiger partial charge is 0.508 e. The SMILES string of the molecule is CN(C(=O)C[C@@H](c1cccc(O)c1)c1ccccc1Cl)C1CCOCC1. The lowest BCUT2D eigenvalue weighted by Crippen LogP contribution is -2.41. The highest BCUT2D eigenvalue weighted by Gasteiger charge is 2.27. The first-order chi connectivity index (χ1) is 12.6. The van der Waals surface area contributed by atoms with E-state index >= 15 is 0 Å². The average molecular weight is 374 g/mol. The van der Waals surface area contributed by atoms with Crippen LogP contribution < -0.4 is 0 Å². The zero-order valence-corrected chi connectivity index (χ0v) is 15.7. The molecule has 138 valence electrons. The fourth-order valence-electron chi connectivity index (χ4n) is 3.50. The highest BCUT2D eigenvalue weighted by molar-refractivity contribution is 6.31. The van der Waals surface area contributed by atoms with Crippen molar-refractivity contribution < 1.29 is 14.6 Å². The van der Waals surface area contributed by atoms with Gasteiger partial charge in [0.2, 0.25) is 5.91 Å².